The van der Waals surface area contributed by atoms with Crippen molar-refractivity contribution in [1.29, 1.82) is 0 Å². The molecule has 0 aliphatic carbocycles. The molecule has 0 atom stereocenters. The quantitative estimate of drug-likeness (QED) is 0.140. The Bertz CT molecular complexity index is 193. The predicted octanol–water partition coefficient (Wildman–Crippen LogP) is 6.08. The number of hydrogen-bond donors (Lipinski definition) is 0. The van der Waals surface area contributed by atoms with Gasteiger partial charge in [-0.25, -0.2) is 0 Å². The lowest BCUT2D eigenvalue weighted by Crippen LogP contribution is -2.42. The molecule has 2 nitrogen and oxygen atoms in total. The van der Waals surface area contributed by atoms with Crippen molar-refractivity contribution >= 4 is 31.2 Å². The zero-order valence-electron chi connectivity index (χ0n) is 13.9. The molecule has 0 saturated heterocycles. The molecule has 0 fully saturated rings. The van der Waals surface area contributed by atoms with Crippen molar-refractivity contribution in [1.82, 2.24) is 0 Å². The van der Waals surface area contributed by atoms with Gasteiger partial charge in [0.2, 0.25) is 0 Å². The van der Waals surface area contributed by atoms with Crippen LogP contribution in [0.4, 0.5) is 0 Å². The van der Waals surface area contributed by atoms with Crippen LogP contribution in [0.15, 0.2) is 0 Å². The van der Waals surface area contributed by atoms with E-state index in [1.54, 1.807) is 0 Å². The lowest BCUT2D eigenvalue weighted by molar-refractivity contribution is 0.163. The van der Waals surface area contributed by atoms with Gasteiger partial charge in [0.25, 0.3) is 0 Å². The normalized spacial score (nSPS) is 12.0. The number of unbranched alkanes of at least 4 members (excludes halogenated alkanes) is 5. The van der Waals surface area contributed by atoms with Crippen molar-refractivity contribution in [3.63, 3.8) is 0 Å². The van der Waals surface area contributed by atoms with Gasteiger partial charge in [0.15, 0.2) is 0 Å². The zero-order chi connectivity index (χ0) is 15.1. The maximum Gasteiger partial charge on any atom is 0.337 e. The fourth-order valence-corrected chi connectivity index (χ4v) is 5.71. The monoisotopic (exact) mass is 414 g/mol. The van der Waals surface area contributed by atoms with E-state index in [-0.39, 0.29) is 0 Å². The molecule has 0 N–H and O–H groups in total. The van der Waals surface area contributed by atoms with Crippen LogP contribution in [0.3, 0.4) is 0 Å². The first-order valence-corrected chi connectivity index (χ1v) is 12.3. The lowest BCUT2D eigenvalue weighted by Gasteiger charge is -2.30. The van der Waals surface area contributed by atoms with Crippen LogP contribution >= 0.6 is 22.6 Å². The fraction of sp³-hybridized carbons (Fsp3) is 1.00. The van der Waals surface area contributed by atoms with Crippen molar-refractivity contribution in [2.24, 2.45) is 0 Å². The Morgan fingerprint density at radius 1 is 0.750 bits per heavy atom. The maximum atomic E-state index is 6.29. The molecular formula is C16H35IO2Si. The number of rotatable bonds is 15. The summed E-state index contributed by atoms with van der Waals surface area (Å²) in [6, 6.07) is 2.30. The smallest absolute Gasteiger partial charge is 0.337 e. The standard InChI is InChI=1S/C16H35IO2Si/c1-4-7-14-18-20(6-3,19-15-8-5-2)16-12-10-9-11-13-17/h4-16H2,1-3H3. The van der Waals surface area contributed by atoms with E-state index in [2.05, 4.69) is 43.4 Å². The highest BCUT2D eigenvalue weighted by Crippen LogP contribution is 2.23. The first-order chi connectivity index (χ1) is 9.74. The maximum absolute atomic E-state index is 6.29. The Kier molecular flexibility index (Phi) is 15.4. The van der Waals surface area contributed by atoms with Crippen molar-refractivity contribution in [2.75, 3.05) is 17.6 Å². The minimum Gasteiger partial charge on any atom is -0.394 e. The van der Waals surface area contributed by atoms with E-state index in [1.807, 2.05) is 0 Å². The summed E-state index contributed by atoms with van der Waals surface area (Å²) in [7, 11) is -1.91. The average molecular weight is 414 g/mol. The molecule has 0 bridgehead atoms. The number of alkyl halides is 1. The fourth-order valence-electron chi connectivity index (χ4n) is 2.21. The molecule has 4 heteroatoms. The first-order valence-electron chi connectivity index (χ1n) is 8.58. The van der Waals surface area contributed by atoms with Gasteiger partial charge in [0.05, 0.1) is 0 Å². The summed E-state index contributed by atoms with van der Waals surface area (Å²) >= 11 is 2.47. The Balaban J connectivity index is 4.17. The van der Waals surface area contributed by atoms with Crippen LogP contribution in [0, 0.1) is 0 Å². The van der Waals surface area contributed by atoms with Crippen LogP contribution in [0.1, 0.15) is 72.1 Å². The molecule has 0 aromatic rings. The van der Waals surface area contributed by atoms with Crippen molar-refractivity contribution in [2.45, 2.75) is 84.2 Å². The topological polar surface area (TPSA) is 18.5 Å². The van der Waals surface area contributed by atoms with Crippen LogP contribution in [0.25, 0.3) is 0 Å². The van der Waals surface area contributed by atoms with Crippen LogP contribution in [0.2, 0.25) is 12.1 Å². The third kappa shape index (κ3) is 10.6. The number of halogens is 1. The molecule has 0 saturated carbocycles. The highest BCUT2D eigenvalue weighted by atomic mass is 127. The molecule has 0 heterocycles. The Labute approximate surface area is 141 Å². The van der Waals surface area contributed by atoms with Gasteiger partial charge >= 0.3 is 8.56 Å². The van der Waals surface area contributed by atoms with Gasteiger partial charge in [-0.3, -0.25) is 0 Å². The van der Waals surface area contributed by atoms with Crippen LogP contribution in [-0.4, -0.2) is 26.2 Å². The zero-order valence-corrected chi connectivity index (χ0v) is 17.0. The van der Waals surface area contributed by atoms with Crippen molar-refractivity contribution < 1.29 is 8.85 Å². The highest BCUT2D eigenvalue weighted by Gasteiger charge is 2.34. The predicted molar refractivity (Wildman–Crippen MR) is 100 cm³/mol. The van der Waals surface area contributed by atoms with E-state index >= 15 is 0 Å². The average Bonchev–Trinajstić information content (AvgIpc) is 2.47. The number of hydrogen-bond acceptors (Lipinski definition) is 2. The van der Waals surface area contributed by atoms with Crippen LogP contribution < -0.4 is 0 Å². The highest BCUT2D eigenvalue weighted by molar-refractivity contribution is 14.1. The molecule has 20 heavy (non-hydrogen) atoms. The minimum atomic E-state index is -1.91. The van der Waals surface area contributed by atoms with Gasteiger partial charge in [0.1, 0.15) is 0 Å². The van der Waals surface area contributed by atoms with Gasteiger partial charge in [-0.1, -0.05) is 75.5 Å². The van der Waals surface area contributed by atoms with E-state index < -0.39 is 8.56 Å². The van der Waals surface area contributed by atoms with Gasteiger partial charge in [-0.2, -0.15) is 0 Å². The molecule has 0 aliphatic heterocycles. The molecule has 0 spiro atoms. The molecule has 0 amide bonds. The van der Waals surface area contributed by atoms with E-state index in [4.69, 9.17) is 8.85 Å². The summed E-state index contributed by atoms with van der Waals surface area (Å²) < 4.78 is 13.9. The largest absolute Gasteiger partial charge is 0.394 e. The molecule has 122 valence electrons. The van der Waals surface area contributed by atoms with Gasteiger partial charge in [-0.05, 0) is 35.8 Å². The lowest BCUT2D eigenvalue weighted by atomic mass is 10.2. The molecule has 0 rings (SSSR count). The second-order valence-electron chi connectivity index (χ2n) is 5.52. The van der Waals surface area contributed by atoms with E-state index in [0.717, 1.165) is 19.3 Å². The SMILES string of the molecule is CCCCO[Si](CC)(CCCCCCI)OCCCC. The minimum absolute atomic E-state index is 0.899. The molecule has 0 aliphatic rings. The second kappa shape index (κ2) is 14.8. The van der Waals surface area contributed by atoms with E-state index in [0.29, 0.717) is 0 Å². The third-order valence-corrected chi connectivity index (χ3v) is 8.12. The van der Waals surface area contributed by atoms with Crippen LogP contribution in [0.5, 0.6) is 0 Å². The molecular weight excluding hydrogens is 379 g/mol. The summed E-state index contributed by atoms with van der Waals surface area (Å²) in [5, 5.41) is 0. The molecule has 0 aromatic carbocycles. The second-order valence-corrected chi connectivity index (χ2v) is 10.2. The summed E-state index contributed by atoms with van der Waals surface area (Å²) in [5.41, 5.74) is 0. The molecule has 0 unspecified atom stereocenters. The Morgan fingerprint density at radius 2 is 1.30 bits per heavy atom. The molecule has 0 aromatic heterocycles. The Morgan fingerprint density at radius 3 is 1.75 bits per heavy atom. The van der Waals surface area contributed by atoms with Gasteiger partial charge in [-0.15, -0.1) is 0 Å². The van der Waals surface area contributed by atoms with Crippen molar-refractivity contribution in [3.8, 4) is 0 Å². The summed E-state index contributed by atoms with van der Waals surface area (Å²) in [6.45, 7) is 8.50. The van der Waals surface area contributed by atoms with Gasteiger partial charge < -0.3 is 8.85 Å². The summed E-state index contributed by atoms with van der Waals surface area (Å²) in [6.07, 6.45) is 10.1. The summed E-state index contributed by atoms with van der Waals surface area (Å²) in [5.74, 6) is 0. The summed E-state index contributed by atoms with van der Waals surface area (Å²) in [4.78, 5) is 0. The Hall–Kier alpha value is 0.867. The van der Waals surface area contributed by atoms with E-state index in [9.17, 15) is 0 Å². The van der Waals surface area contributed by atoms with Gasteiger partial charge in [0, 0.05) is 13.2 Å². The van der Waals surface area contributed by atoms with Crippen LogP contribution in [-0.2, 0) is 8.85 Å². The van der Waals surface area contributed by atoms with Crippen molar-refractivity contribution in [3.05, 3.63) is 0 Å². The molecule has 0 radical (unpaired) electrons. The first kappa shape index (κ1) is 20.9. The third-order valence-electron chi connectivity index (χ3n) is 3.71. The van der Waals surface area contributed by atoms with E-state index in [1.165, 1.54) is 61.8 Å².